The Balaban J connectivity index is 1.89. The third-order valence-electron chi connectivity index (χ3n) is 3.10. The van der Waals surface area contributed by atoms with Crippen molar-refractivity contribution in [2.45, 2.75) is 0 Å². The summed E-state index contributed by atoms with van der Waals surface area (Å²) < 4.78 is 5.59. The lowest BCUT2D eigenvalue weighted by molar-refractivity contribution is 0.104. The molecule has 1 aromatic heterocycles. The van der Waals surface area contributed by atoms with Gasteiger partial charge in [-0.3, -0.25) is 4.79 Å². The summed E-state index contributed by atoms with van der Waals surface area (Å²) in [4.78, 5) is 12.0. The van der Waals surface area contributed by atoms with E-state index in [9.17, 15) is 9.90 Å². The fourth-order valence-electron chi connectivity index (χ4n) is 2.01. The molecule has 1 heterocycles. The molecule has 0 saturated heterocycles. The van der Waals surface area contributed by atoms with Gasteiger partial charge >= 0.3 is 0 Å². The smallest absolute Gasteiger partial charge is 0.185 e. The van der Waals surface area contributed by atoms with Crippen LogP contribution >= 0.6 is 11.6 Å². The summed E-state index contributed by atoms with van der Waals surface area (Å²) in [5.74, 6) is 0.382. The summed E-state index contributed by atoms with van der Waals surface area (Å²) in [6.45, 7) is 0. The van der Waals surface area contributed by atoms with Crippen LogP contribution in [0, 0.1) is 0 Å². The zero-order valence-corrected chi connectivity index (χ0v) is 11.7. The minimum atomic E-state index is -0.188. The number of carbonyl (C=O) groups excluding carboxylic acids is 1. The molecule has 0 bridgehead atoms. The van der Waals surface area contributed by atoms with Crippen LogP contribution in [0.15, 0.2) is 59.0 Å². The lowest BCUT2D eigenvalue weighted by Gasteiger charge is -1.95. The summed E-state index contributed by atoms with van der Waals surface area (Å²) >= 11 is 6.22. The second-order valence-corrected chi connectivity index (χ2v) is 4.90. The monoisotopic (exact) mass is 298 g/mol. The van der Waals surface area contributed by atoms with E-state index in [2.05, 4.69) is 0 Å². The first-order chi connectivity index (χ1) is 10.1. The number of furan rings is 1. The number of hydrogen-bond acceptors (Lipinski definition) is 3. The molecule has 104 valence electrons. The third kappa shape index (κ3) is 2.69. The number of fused-ring (bicyclic) bond motifs is 1. The van der Waals surface area contributed by atoms with Crippen LogP contribution in [0.5, 0.6) is 5.75 Å². The Morgan fingerprint density at radius 3 is 2.52 bits per heavy atom. The number of rotatable bonds is 3. The Bertz CT molecular complexity index is 829. The minimum absolute atomic E-state index is 0.121. The standard InChI is InChI=1S/C17H11ClO3/c18-17-13-3-1-2-4-15(13)21-16(17)10-9-14(20)11-5-7-12(19)8-6-11/h1-10,19H/b10-9+. The summed E-state index contributed by atoms with van der Waals surface area (Å²) in [5.41, 5.74) is 1.16. The second-order valence-electron chi connectivity index (χ2n) is 4.52. The van der Waals surface area contributed by atoms with E-state index < -0.39 is 0 Å². The fraction of sp³-hybridized carbons (Fsp3) is 0. The van der Waals surface area contributed by atoms with Gasteiger partial charge in [-0.05, 0) is 48.6 Å². The van der Waals surface area contributed by atoms with Crippen LogP contribution < -0.4 is 0 Å². The first kappa shape index (κ1) is 13.5. The molecule has 2 aromatic carbocycles. The predicted octanol–water partition coefficient (Wildman–Crippen LogP) is 4.69. The van der Waals surface area contributed by atoms with Crippen LogP contribution in [0.3, 0.4) is 0 Å². The van der Waals surface area contributed by atoms with E-state index in [1.54, 1.807) is 18.2 Å². The van der Waals surface area contributed by atoms with Gasteiger partial charge in [-0.1, -0.05) is 23.7 Å². The van der Waals surface area contributed by atoms with Gasteiger partial charge in [0.2, 0.25) is 0 Å². The molecule has 1 N–H and O–H groups in total. The Morgan fingerprint density at radius 2 is 1.81 bits per heavy atom. The van der Waals surface area contributed by atoms with Crippen molar-refractivity contribution in [3.05, 3.63) is 71.0 Å². The van der Waals surface area contributed by atoms with Crippen molar-refractivity contribution in [1.82, 2.24) is 0 Å². The molecule has 3 nitrogen and oxygen atoms in total. The van der Waals surface area contributed by atoms with Gasteiger partial charge in [0.1, 0.15) is 17.1 Å². The molecule has 0 amide bonds. The van der Waals surface area contributed by atoms with Gasteiger partial charge in [-0.15, -0.1) is 0 Å². The van der Waals surface area contributed by atoms with Crippen LogP contribution in [-0.4, -0.2) is 10.9 Å². The maximum Gasteiger partial charge on any atom is 0.185 e. The van der Waals surface area contributed by atoms with Crippen LogP contribution in [0.2, 0.25) is 5.02 Å². The van der Waals surface area contributed by atoms with Crippen LogP contribution in [0.1, 0.15) is 16.1 Å². The van der Waals surface area contributed by atoms with Gasteiger partial charge in [0, 0.05) is 10.9 Å². The van der Waals surface area contributed by atoms with Gasteiger partial charge < -0.3 is 9.52 Å². The molecule has 3 rings (SSSR count). The van der Waals surface area contributed by atoms with Gasteiger partial charge in [0.25, 0.3) is 0 Å². The number of aromatic hydroxyl groups is 1. The van der Waals surface area contributed by atoms with Crippen LogP contribution in [0.4, 0.5) is 0 Å². The topological polar surface area (TPSA) is 50.4 Å². The normalized spacial score (nSPS) is 11.3. The average Bonchev–Trinajstić information content (AvgIpc) is 2.82. The third-order valence-corrected chi connectivity index (χ3v) is 3.49. The molecule has 21 heavy (non-hydrogen) atoms. The molecule has 0 unspecified atom stereocenters. The largest absolute Gasteiger partial charge is 0.508 e. The highest BCUT2D eigenvalue weighted by molar-refractivity contribution is 6.36. The number of carbonyl (C=O) groups is 1. The Morgan fingerprint density at radius 1 is 1.10 bits per heavy atom. The molecular weight excluding hydrogens is 288 g/mol. The number of phenols is 1. The first-order valence-corrected chi connectivity index (χ1v) is 6.71. The summed E-state index contributed by atoms with van der Waals surface area (Å²) in [7, 11) is 0. The maximum absolute atomic E-state index is 12.0. The lowest BCUT2D eigenvalue weighted by atomic mass is 10.1. The molecule has 0 aliphatic heterocycles. The molecule has 0 saturated carbocycles. The summed E-state index contributed by atoms with van der Waals surface area (Å²) in [5, 5.41) is 10.5. The minimum Gasteiger partial charge on any atom is -0.508 e. The van der Waals surface area contributed by atoms with Crippen molar-refractivity contribution >= 4 is 34.4 Å². The van der Waals surface area contributed by atoms with Crippen LogP contribution in [-0.2, 0) is 0 Å². The predicted molar refractivity (Wildman–Crippen MR) is 82.7 cm³/mol. The zero-order valence-electron chi connectivity index (χ0n) is 10.9. The number of ketones is 1. The molecule has 0 aliphatic rings. The fourth-order valence-corrected chi connectivity index (χ4v) is 2.27. The van der Waals surface area contributed by atoms with Crippen molar-refractivity contribution in [2.24, 2.45) is 0 Å². The van der Waals surface area contributed by atoms with Crippen molar-refractivity contribution < 1.29 is 14.3 Å². The van der Waals surface area contributed by atoms with Gasteiger partial charge in [0.15, 0.2) is 5.78 Å². The van der Waals surface area contributed by atoms with E-state index >= 15 is 0 Å². The second kappa shape index (κ2) is 5.46. The number of para-hydroxylation sites is 1. The SMILES string of the molecule is O=C(/C=C/c1oc2ccccc2c1Cl)c1ccc(O)cc1. The first-order valence-electron chi connectivity index (χ1n) is 6.33. The van der Waals surface area contributed by atoms with Crippen molar-refractivity contribution in [1.29, 1.82) is 0 Å². The van der Waals surface area contributed by atoms with E-state index in [1.165, 1.54) is 18.2 Å². The Hall–Kier alpha value is -2.52. The van der Waals surface area contributed by atoms with E-state index in [1.807, 2.05) is 24.3 Å². The Kier molecular flexibility index (Phi) is 3.50. The number of allylic oxidation sites excluding steroid dienone is 1. The molecule has 0 spiro atoms. The van der Waals surface area contributed by atoms with Gasteiger partial charge in [-0.25, -0.2) is 0 Å². The van der Waals surface area contributed by atoms with Gasteiger partial charge in [0.05, 0.1) is 5.02 Å². The van der Waals surface area contributed by atoms with E-state index in [4.69, 9.17) is 16.0 Å². The molecule has 3 aromatic rings. The van der Waals surface area contributed by atoms with Crippen molar-refractivity contribution in [3.8, 4) is 5.75 Å². The van der Waals surface area contributed by atoms with Crippen molar-refractivity contribution in [3.63, 3.8) is 0 Å². The number of benzene rings is 2. The highest BCUT2D eigenvalue weighted by atomic mass is 35.5. The summed E-state index contributed by atoms with van der Waals surface area (Å²) in [6.07, 6.45) is 2.95. The highest BCUT2D eigenvalue weighted by Crippen LogP contribution is 2.31. The molecule has 0 fully saturated rings. The maximum atomic E-state index is 12.0. The van der Waals surface area contributed by atoms with Crippen molar-refractivity contribution in [2.75, 3.05) is 0 Å². The highest BCUT2D eigenvalue weighted by Gasteiger charge is 2.10. The Labute approximate surface area is 126 Å². The number of hydrogen-bond donors (Lipinski definition) is 1. The quantitative estimate of drug-likeness (QED) is 0.564. The van der Waals surface area contributed by atoms with E-state index in [0.29, 0.717) is 21.9 Å². The average molecular weight is 299 g/mol. The molecule has 4 heteroatoms. The van der Waals surface area contributed by atoms with E-state index in [-0.39, 0.29) is 11.5 Å². The molecule has 0 radical (unpaired) electrons. The number of phenolic OH excluding ortho intramolecular Hbond substituents is 1. The van der Waals surface area contributed by atoms with Gasteiger partial charge in [-0.2, -0.15) is 0 Å². The molecular formula is C17H11ClO3. The number of halogens is 1. The lowest BCUT2D eigenvalue weighted by Crippen LogP contribution is -1.92. The zero-order chi connectivity index (χ0) is 14.8. The van der Waals surface area contributed by atoms with E-state index in [0.717, 1.165) is 5.39 Å². The van der Waals surface area contributed by atoms with Crippen LogP contribution in [0.25, 0.3) is 17.0 Å². The molecule has 0 atom stereocenters. The summed E-state index contributed by atoms with van der Waals surface area (Å²) in [6, 6.07) is 13.5. The molecule has 0 aliphatic carbocycles.